The zero-order chi connectivity index (χ0) is 21.4. The molecule has 1 heterocycles. The Morgan fingerprint density at radius 1 is 0.933 bits per heavy atom. The zero-order valence-electron chi connectivity index (χ0n) is 17.4. The van der Waals surface area contributed by atoms with Gasteiger partial charge < -0.3 is 24.8 Å². The van der Waals surface area contributed by atoms with Crippen LogP contribution in [0.3, 0.4) is 0 Å². The van der Waals surface area contributed by atoms with Gasteiger partial charge in [-0.1, -0.05) is 24.3 Å². The van der Waals surface area contributed by atoms with E-state index < -0.39 is 11.8 Å². The lowest BCUT2D eigenvalue weighted by Gasteiger charge is -2.38. The first-order chi connectivity index (χ1) is 14.6. The smallest absolute Gasteiger partial charge is 0.309 e. The van der Waals surface area contributed by atoms with Crippen LogP contribution in [0.5, 0.6) is 11.5 Å². The maximum Gasteiger partial charge on any atom is 0.309 e. The van der Waals surface area contributed by atoms with E-state index in [1.165, 1.54) is 0 Å². The van der Waals surface area contributed by atoms with Crippen LogP contribution < -0.4 is 20.1 Å². The van der Waals surface area contributed by atoms with Gasteiger partial charge in [0.15, 0.2) is 0 Å². The van der Waals surface area contributed by atoms with Crippen LogP contribution in [0.15, 0.2) is 48.5 Å². The normalized spacial score (nSPS) is 15.1. The summed E-state index contributed by atoms with van der Waals surface area (Å²) in [4.78, 5) is 24.7. The summed E-state index contributed by atoms with van der Waals surface area (Å²) in [5.41, 5.74) is 1.69. The topological polar surface area (TPSA) is 85.9 Å². The molecule has 3 rings (SSSR count). The van der Waals surface area contributed by atoms with E-state index in [9.17, 15) is 9.59 Å². The van der Waals surface area contributed by atoms with Gasteiger partial charge in [0.2, 0.25) is 0 Å². The van der Waals surface area contributed by atoms with E-state index in [0.29, 0.717) is 25.5 Å². The monoisotopic (exact) mass is 412 g/mol. The second-order valence-electron chi connectivity index (χ2n) is 7.34. The van der Waals surface area contributed by atoms with Gasteiger partial charge in [0.1, 0.15) is 11.5 Å². The predicted molar refractivity (Wildman–Crippen MR) is 113 cm³/mol. The average Bonchev–Trinajstić information content (AvgIpc) is 2.81. The zero-order valence-corrected chi connectivity index (χ0v) is 17.4. The highest BCUT2D eigenvalue weighted by Crippen LogP contribution is 2.35. The van der Waals surface area contributed by atoms with Crippen molar-refractivity contribution in [2.75, 3.05) is 34.0 Å². The lowest BCUT2D eigenvalue weighted by Crippen LogP contribution is -2.48. The molecule has 30 heavy (non-hydrogen) atoms. The Morgan fingerprint density at radius 2 is 1.60 bits per heavy atom. The number of methoxy groups -OCH3 is 2. The van der Waals surface area contributed by atoms with Crippen molar-refractivity contribution in [1.82, 2.24) is 10.6 Å². The SMILES string of the molecule is COc1ccc(C2(CNC(=O)C(=O)NCc3cccc(OC)c3)CCOCC2)cc1. The van der Waals surface area contributed by atoms with Gasteiger partial charge >= 0.3 is 11.8 Å². The number of hydrogen-bond donors (Lipinski definition) is 2. The molecule has 1 aliphatic rings. The molecule has 0 atom stereocenters. The standard InChI is InChI=1S/C23H28N2O5/c1-28-19-8-6-18(7-9-19)23(10-12-30-13-11-23)16-25-22(27)21(26)24-15-17-4-3-5-20(14-17)29-2/h3-9,14H,10-13,15-16H2,1-2H3,(H,24,26)(H,25,27). The molecule has 2 aromatic carbocycles. The largest absolute Gasteiger partial charge is 0.497 e. The minimum atomic E-state index is -0.658. The molecule has 0 spiro atoms. The van der Waals surface area contributed by atoms with Crippen molar-refractivity contribution in [3.63, 3.8) is 0 Å². The molecule has 1 saturated heterocycles. The van der Waals surface area contributed by atoms with Crippen LogP contribution >= 0.6 is 0 Å². The van der Waals surface area contributed by atoms with Crippen LogP contribution in [0.4, 0.5) is 0 Å². The first kappa shape index (κ1) is 21.6. The Labute approximate surface area is 176 Å². The quantitative estimate of drug-likeness (QED) is 0.681. The maximum atomic E-state index is 12.4. The third-order valence-electron chi connectivity index (χ3n) is 5.53. The van der Waals surface area contributed by atoms with Gasteiger partial charge in [-0.15, -0.1) is 0 Å². The van der Waals surface area contributed by atoms with Gasteiger partial charge in [0.25, 0.3) is 0 Å². The van der Waals surface area contributed by atoms with Crippen molar-refractivity contribution in [3.8, 4) is 11.5 Å². The molecule has 7 nitrogen and oxygen atoms in total. The van der Waals surface area contributed by atoms with Gasteiger partial charge in [-0.25, -0.2) is 0 Å². The lowest BCUT2D eigenvalue weighted by molar-refractivity contribution is -0.139. The van der Waals surface area contributed by atoms with Crippen LogP contribution in [-0.4, -0.2) is 45.8 Å². The molecular formula is C23H28N2O5. The average molecular weight is 412 g/mol. The summed E-state index contributed by atoms with van der Waals surface area (Å²) in [5.74, 6) is 0.182. The molecule has 0 aliphatic carbocycles. The van der Waals surface area contributed by atoms with Gasteiger partial charge in [0, 0.05) is 31.7 Å². The molecule has 0 saturated carbocycles. The van der Waals surface area contributed by atoms with Crippen LogP contribution in [0, 0.1) is 0 Å². The fraction of sp³-hybridized carbons (Fsp3) is 0.391. The minimum Gasteiger partial charge on any atom is -0.497 e. The summed E-state index contributed by atoms with van der Waals surface area (Å²) < 4.78 is 15.9. The van der Waals surface area contributed by atoms with E-state index in [4.69, 9.17) is 14.2 Å². The van der Waals surface area contributed by atoms with Crippen LogP contribution in [0.2, 0.25) is 0 Å². The number of nitrogens with one attached hydrogen (secondary N) is 2. The summed E-state index contributed by atoms with van der Waals surface area (Å²) in [7, 11) is 3.21. The highest BCUT2D eigenvalue weighted by atomic mass is 16.5. The molecule has 1 fully saturated rings. The van der Waals surface area contributed by atoms with E-state index in [2.05, 4.69) is 10.6 Å². The summed E-state index contributed by atoms with van der Waals surface area (Å²) in [6.45, 7) is 1.85. The van der Waals surface area contributed by atoms with E-state index in [-0.39, 0.29) is 12.0 Å². The van der Waals surface area contributed by atoms with Crippen LogP contribution in [-0.2, 0) is 26.3 Å². The number of amides is 2. The Kier molecular flexibility index (Phi) is 7.30. The van der Waals surface area contributed by atoms with E-state index in [1.54, 1.807) is 14.2 Å². The van der Waals surface area contributed by atoms with Crippen molar-refractivity contribution < 1.29 is 23.8 Å². The number of hydrogen-bond acceptors (Lipinski definition) is 5. The van der Waals surface area contributed by atoms with Crippen molar-refractivity contribution in [2.24, 2.45) is 0 Å². The van der Waals surface area contributed by atoms with Crippen molar-refractivity contribution in [1.29, 1.82) is 0 Å². The molecule has 0 unspecified atom stereocenters. The highest BCUT2D eigenvalue weighted by molar-refractivity contribution is 6.35. The summed E-state index contributed by atoms with van der Waals surface area (Å²) in [6.07, 6.45) is 1.54. The molecule has 2 aromatic rings. The molecule has 2 N–H and O–H groups in total. The third kappa shape index (κ3) is 5.30. The molecule has 0 aromatic heterocycles. The van der Waals surface area contributed by atoms with Gasteiger partial charge in [-0.3, -0.25) is 9.59 Å². The van der Waals surface area contributed by atoms with Gasteiger partial charge in [-0.05, 0) is 48.2 Å². The van der Waals surface area contributed by atoms with E-state index in [0.717, 1.165) is 29.7 Å². The highest BCUT2D eigenvalue weighted by Gasteiger charge is 2.35. The molecule has 0 bridgehead atoms. The number of rotatable bonds is 7. The number of benzene rings is 2. The summed E-state index contributed by atoms with van der Waals surface area (Å²) in [6, 6.07) is 15.2. The van der Waals surface area contributed by atoms with Gasteiger partial charge in [0.05, 0.1) is 14.2 Å². The van der Waals surface area contributed by atoms with E-state index in [1.807, 2.05) is 48.5 Å². The van der Waals surface area contributed by atoms with Crippen LogP contribution in [0.25, 0.3) is 0 Å². The molecule has 0 radical (unpaired) electrons. The maximum absolute atomic E-state index is 12.4. The fourth-order valence-electron chi connectivity index (χ4n) is 3.65. The van der Waals surface area contributed by atoms with Crippen molar-refractivity contribution >= 4 is 11.8 Å². The Bertz CT molecular complexity index is 860. The fourth-order valence-corrected chi connectivity index (χ4v) is 3.65. The van der Waals surface area contributed by atoms with Crippen molar-refractivity contribution in [2.45, 2.75) is 24.8 Å². The Balaban J connectivity index is 1.60. The number of carbonyl (C=O) groups is 2. The summed E-state index contributed by atoms with van der Waals surface area (Å²) in [5, 5.41) is 5.47. The minimum absolute atomic E-state index is 0.251. The first-order valence-electron chi connectivity index (χ1n) is 9.97. The molecule has 2 amide bonds. The third-order valence-corrected chi connectivity index (χ3v) is 5.53. The number of carbonyl (C=O) groups excluding carboxylic acids is 2. The summed E-state index contributed by atoms with van der Waals surface area (Å²) >= 11 is 0. The Morgan fingerprint density at radius 3 is 2.27 bits per heavy atom. The molecule has 7 heteroatoms. The Hall–Kier alpha value is -3.06. The second-order valence-corrected chi connectivity index (χ2v) is 7.34. The van der Waals surface area contributed by atoms with Crippen LogP contribution in [0.1, 0.15) is 24.0 Å². The van der Waals surface area contributed by atoms with E-state index >= 15 is 0 Å². The lowest BCUT2D eigenvalue weighted by atomic mass is 9.74. The predicted octanol–water partition coefficient (Wildman–Crippen LogP) is 2.18. The molecule has 160 valence electrons. The first-order valence-corrected chi connectivity index (χ1v) is 9.97. The molecular weight excluding hydrogens is 384 g/mol. The van der Waals surface area contributed by atoms with Gasteiger partial charge in [-0.2, -0.15) is 0 Å². The second kappa shape index (κ2) is 10.1. The van der Waals surface area contributed by atoms with Crippen molar-refractivity contribution in [3.05, 3.63) is 59.7 Å². The molecule has 1 aliphatic heterocycles. The number of ether oxygens (including phenoxy) is 3.